The van der Waals surface area contributed by atoms with E-state index in [9.17, 15) is 8.42 Å². The predicted molar refractivity (Wildman–Crippen MR) is 103 cm³/mol. The highest BCUT2D eigenvalue weighted by Crippen LogP contribution is 2.31. The van der Waals surface area contributed by atoms with Crippen molar-refractivity contribution in [3.8, 4) is 11.3 Å². The number of nitrogens with one attached hydrogen (secondary N) is 1. The lowest BCUT2D eigenvalue weighted by atomic mass is 10.1. The molecular formula is C17H18ClN5O3S. The SMILES string of the molecule is CS(=O)(=O)Nc1ccc(-c2nc(Cl)nc3c2ncn3C2CCCCO2)cc1. The van der Waals surface area contributed by atoms with Crippen LogP contribution in [-0.2, 0) is 14.8 Å². The van der Waals surface area contributed by atoms with Crippen molar-refractivity contribution in [1.29, 1.82) is 0 Å². The number of halogens is 1. The average molecular weight is 408 g/mol. The van der Waals surface area contributed by atoms with Crippen LogP contribution in [0.4, 0.5) is 5.69 Å². The number of aromatic nitrogens is 4. The Morgan fingerprint density at radius 1 is 1.22 bits per heavy atom. The van der Waals surface area contributed by atoms with Gasteiger partial charge in [-0.25, -0.2) is 18.4 Å². The fourth-order valence-electron chi connectivity index (χ4n) is 3.16. The highest BCUT2D eigenvalue weighted by Gasteiger charge is 2.21. The van der Waals surface area contributed by atoms with E-state index in [0.717, 1.165) is 31.1 Å². The molecule has 0 saturated carbocycles. The number of imidazole rings is 1. The van der Waals surface area contributed by atoms with E-state index >= 15 is 0 Å². The zero-order valence-corrected chi connectivity index (χ0v) is 16.2. The Labute approximate surface area is 161 Å². The molecule has 8 nitrogen and oxygen atoms in total. The van der Waals surface area contributed by atoms with Gasteiger partial charge in [-0.1, -0.05) is 12.1 Å². The van der Waals surface area contributed by atoms with Crippen LogP contribution in [0.2, 0.25) is 5.28 Å². The highest BCUT2D eigenvalue weighted by atomic mass is 35.5. The van der Waals surface area contributed by atoms with E-state index in [2.05, 4.69) is 19.7 Å². The minimum absolute atomic E-state index is 0.107. The van der Waals surface area contributed by atoms with Crippen LogP contribution in [0.3, 0.4) is 0 Å². The molecule has 1 unspecified atom stereocenters. The summed E-state index contributed by atoms with van der Waals surface area (Å²) in [5.74, 6) is 0. The Hall–Kier alpha value is -2.23. The summed E-state index contributed by atoms with van der Waals surface area (Å²) in [6.07, 6.45) is 5.74. The van der Waals surface area contributed by atoms with Gasteiger partial charge in [-0.05, 0) is 43.0 Å². The van der Waals surface area contributed by atoms with Crippen molar-refractivity contribution in [1.82, 2.24) is 19.5 Å². The van der Waals surface area contributed by atoms with Gasteiger partial charge in [0.25, 0.3) is 0 Å². The van der Waals surface area contributed by atoms with E-state index in [1.165, 1.54) is 0 Å². The molecule has 1 aliphatic rings. The lowest BCUT2D eigenvalue weighted by Crippen LogP contribution is -2.17. The van der Waals surface area contributed by atoms with Crippen LogP contribution in [0.15, 0.2) is 30.6 Å². The second-order valence-corrected chi connectivity index (χ2v) is 8.52. The number of hydrogen-bond acceptors (Lipinski definition) is 6. The largest absolute Gasteiger partial charge is 0.358 e. The van der Waals surface area contributed by atoms with Gasteiger partial charge in [0.15, 0.2) is 5.65 Å². The zero-order chi connectivity index (χ0) is 19.0. The molecule has 10 heteroatoms. The summed E-state index contributed by atoms with van der Waals surface area (Å²) >= 11 is 6.16. The number of rotatable bonds is 4. The van der Waals surface area contributed by atoms with Crippen LogP contribution in [0.5, 0.6) is 0 Å². The molecule has 3 heterocycles. The Balaban J connectivity index is 1.74. The number of anilines is 1. The van der Waals surface area contributed by atoms with Crippen molar-refractivity contribution in [2.45, 2.75) is 25.5 Å². The van der Waals surface area contributed by atoms with Gasteiger partial charge in [0.1, 0.15) is 17.4 Å². The second-order valence-electron chi connectivity index (χ2n) is 6.44. The van der Waals surface area contributed by atoms with Gasteiger partial charge >= 0.3 is 0 Å². The standard InChI is InChI=1S/C17H18ClN5O3S/c1-27(24,25)22-12-7-5-11(6-8-12)14-15-16(21-17(18)20-14)23(10-19-15)13-4-2-3-9-26-13/h5-8,10,13,22H,2-4,9H2,1H3. The molecule has 1 aliphatic heterocycles. The fourth-order valence-corrected chi connectivity index (χ4v) is 3.88. The minimum Gasteiger partial charge on any atom is -0.358 e. The molecule has 1 saturated heterocycles. The van der Waals surface area contributed by atoms with Crippen LogP contribution in [-0.4, -0.2) is 40.8 Å². The Morgan fingerprint density at radius 3 is 2.67 bits per heavy atom. The first-order valence-corrected chi connectivity index (χ1v) is 10.8. The van der Waals surface area contributed by atoms with Crippen molar-refractivity contribution < 1.29 is 13.2 Å². The molecule has 1 fully saturated rings. The highest BCUT2D eigenvalue weighted by molar-refractivity contribution is 7.92. The van der Waals surface area contributed by atoms with Gasteiger partial charge in [-0.15, -0.1) is 0 Å². The summed E-state index contributed by atoms with van der Waals surface area (Å²) in [4.78, 5) is 13.2. The number of fused-ring (bicyclic) bond motifs is 1. The van der Waals surface area contributed by atoms with E-state index in [1.807, 2.05) is 4.57 Å². The van der Waals surface area contributed by atoms with Gasteiger partial charge in [0.2, 0.25) is 15.3 Å². The van der Waals surface area contributed by atoms with E-state index in [-0.39, 0.29) is 11.5 Å². The zero-order valence-electron chi connectivity index (χ0n) is 14.6. The maximum absolute atomic E-state index is 11.4. The fraction of sp³-hybridized carbons (Fsp3) is 0.353. The van der Waals surface area contributed by atoms with E-state index in [1.54, 1.807) is 30.6 Å². The van der Waals surface area contributed by atoms with Crippen LogP contribution in [0.25, 0.3) is 22.4 Å². The first-order chi connectivity index (χ1) is 12.9. The van der Waals surface area contributed by atoms with Crippen LogP contribution < -0.4 is 4.72 Å². The molecule has 142 valence electrons. The average Bonchev–Trinajstić information content (AvgIpc) is 3.05. The lowest BCUT2D eigenvalue weighted by Gasteiger charge is -2.23. The topological polar surface area (TPSA) is 99.0 Å². The molecule has 1 aromatic carbocycles. The second kappa shape index (κ2) is 7.06. The van der Waals surface area contributed by atoms with Crippen molar-refractivity contribution in [2.75, 3.05) is 17.6 Å². The van der Waals surface area contributed by atoms with Crippen LogP contribution in [0.1, 0.15) is 25.5 Å². The van der Waals surface area contributed by atoms with Crippen LogP contribution >= 0.6 is 11.6 Å². The molecule has 4 rings (SSSR count). The minimum atomic E-state index is -3.33. The lowest BCUT2D eigenvalue weighted by molar-refractivity contribution is -0.0298. The van der Waals surface area contributed by atoms with Crippen molar-refractivity contribution in [2.24, 2.45) is 0 Å². The van der Waals surface area contributed by atoms with Gasteiger partial charge in [0, 0.05) is 17.9 Å². The summed E-state index contributed by atoms with van der Waals surface area (Å²) in [5.41, 5.74) is 3.06. The first-order valence-electron chi connectivity index (χ1n) is 8.50. The number of benzene rings is 1. The summed E-state index contributed by atoms with van der Waals surface area (Å²) in [6.45, 7) is 0.713. The Bertz CT molecular complexity index is 1080. The molecule has 1 atom stereocenters. The number of sulfonamides is 1. The summed E-state index contributed by atoms with van der Waals surface area (Å²) < 4.78 is 32.9. The van der Waals surface area contributed by atoms with Crippen molar-refractivity contribution in [3.05, 3.63) is 35.9 Å². The third kappa shape index (κ3) is 3.90. The molecule has 0 amide bonds. The Morgan fingerprint density at radius 2 is 2.00 bits per heavy atom. The maximum atomic E-state index is 11.4. The summed E-state index contributed by atoms with van der Waals surface area (Å²) in [7, 11) is -3.33. The molecule has 27 heavy (non-hydrogen) atoms. The maximum Gasteiger partial charge on any atom is 0.229 e. The normalized spacial score (nSPS) is 17.9. The third-order valence-electron chi connectivity index (χ3n) is 4.32. The molecule has 0 radical (unpaired) electrons. The molecule has 0 aliphatic carbocycles. The van der Waals surface area contributed by atoms with E-state index in [0.29, 0.717) is 29.2 Å². The third-order valence-corrected chi connectivity index (χ3v) is 5.10. The molecule has 0 spiro atoms. The molecular weight excluding hydrogens is 390 g/mol. The number of ether oxygens (including phenoxy) is 1. The van der Waals surface area contributed by atoms with Gasteiger partial charge in [-0.2, -0.15) is 4.98 Å². The van der Waals surface area contributed by atoms with Crippen molar-refractivity contribution >= 4 is 38.5 Å². The van der Waals surface area contributed by atoms with E-state index < -0.39 is 10.0 Å². The summed E-state index contributed by atoms with van der Waals surface area (Å²) in [5, 5.41) is 0.119. The molecule has 2 aromatic heterocycles. The number of nitrogens with zero attached hydrogens (tertiary/aromatic N) is 4. The summed E-state index contributed by atoms with van der Waals surface area (Å²) in [6, 6.07) is 6.86. The molecule has 1 N–H and O–H groups in total. The van der Waals surface area contributed by atoms with Gasteiger partial charge < -0.3 is 4.74 Å². The quantitative estimate of drug-likeness (QED) is 0.666. The first kappa shape index (κ1) is 18.1. The monoisotopic (exact) mass is 407 g/mol. The van der Waals surface area contributed by atoms with Crippen molar-refractivity contribution in [3.63, 3.8) is 0 Å². The Kier molecular flexibility index (Phi) is 4.75. The van der Waals surface area contributed by atoms with Gasteiger partial charge in [-0.3, -0.25) is 9.29 Å². The van der Waals surface area contributed by atoms with Crippen LogP contribution in [0, 0.1) is 0 Å². The number of hydrogen-bond donors (Lipinski definition) is 1. The van der Waals surface area contributed by atoms with Gasteiger partial charge in [0.05, 0.1) is 12.6 Å². The molecule has 3 aromatic rings. The smallest absolute Gasteiger partial charge is 0.229 e. The van der Waals surface area contributed by atoms with E-state index in [4.69, 9.17) is 16.3 Å². The molecule has 0 bridgehead atoms. The predicted octanol–water partition coefficient (Wildman–Crippen LogP) is 3.22.